The van der Waals surface area contributed by atoms with Gasteiger partial charge in [0.15, 0.2) is 0 Å². The van der Waals surface area contributed by atoms with E-state index in [0.29, 0.717) is 6.54 Å². The van der Waals surface area contributed by atoms with Crippen LogP contribution in [0, 0.1) is 15.4 Å². The first-order chi connectivity index (χ1) is 10.2. The van der Waals surface area contributed by atoms with Crippen molar-refractivity contribution in [1.29, 1.82) is 0 Å². The molecule has 0 aliphatic heterocycles. The maximum atomic E-state index is 12.4. The van der Waals surface area contributed by atoms with Crippen LogP contribution in [0.2, 0.25) is 0 Å². The van der Waals surface area contributed by atoms with Gasteiger partial charge in [0, 0.05) is 21.6 Å². The highest BCUT2D eigenvalue weighted by molar-refractivity contribution is 14.1. The third-order valence-electron chi connectivity index (χ3n) is 2.79. The number of carbonyl (C=O) groups is 1. The Morgan fingerprint density at radius 2 is 1.81 bits per heavy atom. The molecule has 2 aromatic carbocycles. The molecule has 21 heavy (non-hydrogen) atoms. The Morgan fingerprint density at radius 1 is 1.14 bits per heavy atom. The summed E-state index contributed by atoms with van der Waals surface area (Å²) in [5.74, 6) is 5.36. The number of nitrogens with zero attached hydrogens (tertiary/aromatic N) is 1. The normalized spacial score (nSPS) is 9.38. The molecule has 0 aliphatic rings. The summed E-state index contributed by atoms with van der Waals surface area (Å²) < 4.78 is 1.01. The Labute approximate surface area is 138 Å². The first kappa shape index (κ1) is 15.3. The third kappa shape index (κ3) is 4.20. The van der Waals surface area contributed by atoms with E-state index in [4.69, 9.17) is 0 Å². The molecule has 0 spiro atoms. The fourth-order valence-corrected chi connectivity index (χ4v) is 2.48. The van der Waals surface area contributed by atoms with Crippen molar-refractivity contribution in [3.8, 4) is 11.8 Å². The molecule has 0 saturated heterocycles. The molecular formula is C18H14INO. The van der Waals surface area contributed by atoms with Crippen LogP contribution >= 0.6 is 22.6 Å². The summed E-state index contributed by atoms with van der Waals surface area (Å²) in [5, 5.41) is 0. The highest BCUT2D eigenvalue weighted by Gasteiger charge is 2.14. The van der Waals surface area contributed by atoms with E-state index in [-0.39, 0.29) is 5.91 Å². The van der Waals surface area contributed by atoms with E-state index in [0.717, 1.165) is 14.8 Å². The van der Waals surface area contributed by atoms with Crippen molar-refractivity contribution in [2.75, 3.05) is 11.4 Å². The Kier molecular flexibility index (Phi) is 5.59. The maximum Gasteiger partial charge on any atom is 0.303 e. The Bertz CT molecular complexity index is 698. The van der Waals surface area contributed by atoms with Crippen LogP contribution in [-0.2, 0) is 4.79 Å². The van der Waals surface area contributed by atoms with Crippen molar-refractivity contribution in [2.45, 2.75) is 0 Å². The van der Waals surface area contributed by atoms with Gasteiger partial charge in [-0.2, -0.15) is 0 Å². The number of hydrogen-bond acceptors (Lipinski definition) is 1. The van der Waals surface area contributed by atoms with Gasteiger partial charge in [0.1, 0.15) is 0 Å². The summed E-state index contributed by atoms with van der Waals surface area (Å²) in [4.78, 5) is 14.0. The van der Waals surface area contributed by atoms with E-state index in [2.05, 4.69) is 41.0 Å². The summed E-state index contributed by atoms with van der Waals surface area (Å²) in [7, 11) is 0. The molecule has 0 heterocycles. The van der Waals surface area contributed by atoms with Crippen LogP contribution in [-0.4, -0.2) is 12.5 Å². The third-order valence-corrected chi connectivity index (χ3v) is 3.70. The van der Waals surface area contributed by atoms with Gasteiger partial charge in [-0.05, 0) is 46.9 Å². The minimum absolute atomic E-state index is 0.233. The highest BCUT2D eigenvalue weighted by Crippen LogP contribution is 2.22. The molecule has 0 N–H and O–H groups in total. The zero-order valence-electron chi connectivity index (χ0n) is 11.4. The molecule has 0 fully saturated rings. The van der Waals surface area contributed by atoms with Crippen LogP contribution in [0.3, 0.4) is 0 Å². The van der Waals surface area contributed by atoms with Crippen molar-refractivity contribution in [2.24, 2.45) is 0 Å². The first-order valence-electron chi connectivity index (χ1n) is 6.46. The molecule has 0 saturated carbocycles. The minimum Gasteiger partial charge on any atom is -0.297 e. The van der Waals surface area contributed by atoms with Crippen molar-refractivity contribution < 1.29 is 4.79 Å². The van der Waals surface area contributed by atoms with E-state index in [1.165, 1.54) is 0 Å². The molecular weight excluding hydrogens is 373 g/mol. The number of halogens is 1. The number of para-hydroxylation sites is 1. The second-order valence-electron chi connectivity index (χ2n) is 4.27. The zero-order chi connectivity index (χ0) is 15.1. The minimum atomic E-state index is -0.233. The highest BCUT2D eigenvalue weighted by atomic mass is 127. The lowest BCUT2D eigenvalue weighted by atomic mass is 10.2. The largest absolute Gasteiger partial charge is 0.303 e. The van der Waals surface area contributed by atoms with Crippen LogP contribution < -0.4 is 4.90 Å². The van der Waals surface area contributed by atoms with E-state index in [1.54, 1.807) is 11.0 Å². The van der Waals surface area contributed by atoms with Gasteiger partial charge in [-0.25, -0.2) is 0 Å². The van der Waals surface area contributed by atoms with Crippen LogP contribution in [0.15, 0.2) is 67.3 Å². The molecule has 104 valence electrons. The van der Waals surface area contributed by atoms with E-state index in [9.17, 15) is 4.79 Å². The van der Waals surface area contributed by atoms with Crippen LogP contribution in [0.5, 0.6) is 0 Å². The Hall–Kier alpha value is -2.06. The Morgan fingerprint density at radius 3 is 2.48 bits per heavy atom. The average Bonchev–Trinajstić information content (AvgIpc) is 2.52. The lowest BCUT2D eigenvalue weighted by Crippen LogP contribution is -2.30. The fraction of sp³-hybridized carbons (Fsp3) is 0.0556. The SMILES string of the molecule is C=CCN(C(=O)C#Cc1ccccc1)c1ccccc1I. The van der Waals surface area contributed by atoms with Crippen molar-refractivity contribution in [3.05, 3.63) is 76.4 Å². The molecule has 0 radical (unpaired) electrons. The molecule has 2 aromatic rings. The van der Waals surface area contributed by atoms with Crippen molar-refractivity contribution in [1.82, 2.24) is 0 Å². The van der Waals surface area contributed by atoms with Gasteiger partial charge < -0.3 is 0 Å². The molecule has 0 aliphatic carbocycles. The Balaban J connectivity index is 2.27. The van der Waals surface area contributed by atoms with Crippen molar-refractivity contribution in [3.63, 3.8) is 0 Å². The standard InChI is InChI=1S/C18H14INO/c1-2-14-20(17-11-7-6-10-16(17)19)18(21)13-12-15-8-4-3-5-9-15/h2-11H,1,14H2. The van der Waals surface area contributed by atoms with E-state index in [1.807, 2.05) is 54.6 Å². The number of anilines is 1. The second-order valence-corrected chi connectivity index (χ2v) is 5.43. The predicted molar refractivity (Wildman–Crippen MR) is 95.0 cm³/mol. The average molecular weight is 387 g/mol. The lowest BCUT2D eigenvalue weighted by Gasteiger charge is -2.19. The number of hydrogen-bond donors (Lipinski definition) is 0. The summed E-state index contributed by atoms with van der Waals surface area (Å²) in [6.45, 7) is 4.14. The monoisotopic (exact) mass is 387 g/mol. The van der Waals surface area contributed by atoms with Gasteiger partial charge in [0.25, 0.3) is 0 Å². The molecule has 1 amide bonds. The van der Waals surface area contributed by atoms with Crippen molar-refractivity contribution >= 4 is 34.2 Å². The molecule has 0 aromatic heterocycles. The molecule has 0 atom stereocenters. The number of amides is 1. The fourth-order valence-electron chi connectivity index (χ4n) is 1.80. The molecule has 0 bridgehead atoms. The van der Waals surface area contributed by atoms with Gasteiger partial charge in [0.2, 0.25) is 0 Å². The lowest BCUT2D eigenvalue weighted by molar-refractivity contribution is -0.113. The van der Waals surface area contributed by atoms with Gasteiger partial charge in [-0.3, -0.25) is 9.69 Å². The van der Waals surface area contributed by atoms with Crippen LogP contribution in [0.25, 0.3) is 0 Å². The second kappa shape index (κ2) is 7.65. The predicted octanol–water partition coefficient (Wildman–Crippen LogP) is 3.86. The summed E-state index contributed by atoms with van der Waals surface area (Å²) in [5.41, 5.74) is 1.68. The van der Waals surface area contributed by atoms with Gasteiger partial charge in [-0.1, -0.05) is 42.3 Å². The van der Waals surface area contributed by atoms with Crippen LogP contribution in [0.1, 0.15) is 5.56 Å². The van der Waals surface area contributed by atoms with Gasteiger partial charge in [0.05, 0.1) is 5.69 Å². The zero-order valence-corrected chi connectivity index (χ0v) is 13.6. The summed E-state index contributed by atoms with van der Waals surface area (Å²) in [6, 6.07) is 17.2. The van der Waals surface area contributed by atoms with E-state index >= 15 is 0 Å². The smallest absolute Gasteiger partial charge is 0.297 e. The molecule has 3 heteroatoms. The first-order valence-corrected chi connectivity index (χ1v) is 7.54. The maximum absolute atomic E-state index is 12.4. The van der Waals surface area contributed by atoms with E-state index < -0.39 is 0 Å². The van der Waals surface area contributed by atoms with Gasteiger partial charge >= 0.3 is 5.91 Å². The molecule has 0 unspecified atom stereocenters. The number of carbonyl (C=O) groups excluding carboxylic acids is 1. The summed E-state index contributed by atoms with van der Waals surface area (Å²) >= 11 is 2.21. The number of rotatable bonds is 3. The quantitative estimate of drug-likeness (QED) is 0.445. The van der Waals surface area contributed by atoms with Gasteiger partial charge in [-0.15, -0.1) is 6.58 Å². The van der Waals surface area contributed by atoms with Crippen LogP contribution in [0.4, 0.5) is 5.69 Å². The molecule has 2 rings (SSSR count). The topological polar surface area (TPSA) is 20.3 Å². The molecule has 2 nitrogen and oxygen atoms in total. The summed E-state index contributed by atoms with van der Waals surface area (Å²) in [6.07, 6.45) is 1.70. The number of benzene rings is 2.